The van der Waals surface area contributed by atoms with Gasteiger partial charge in [0.15, 0.2) is 0 Å². The smallest absolute Gasteiger partial charge is 0.0886 e. The van der Waals surface area contributed by atoms with Crippen molar-refractivity contribution in [2.45, 2.75) is 6.42 Å². The van der Waals surface area contributed by atoms with Crippen LogP contribution in [0.3, 0.4) is 0 Å². The quantitative estimate of drug-likeness (QED) is 0.490. The second kappa shape index (κ2) is 2.40. The topological polar surface area (TPSA) is 47.7 Å². The molecule has 0 aromatic rings. The van der Waals surface area contributed by atoms with Crippen molar-refractivity contribution in [3.63, 3.8) is 0 Å². The van der Waals surface area contributed by atoms with Crippen molar-refractivity contribution in [1.29, 1.82) is 10.8 Å². The van der Waals surface area contributed by atoms with Crippen LogP contribution in [-0.2, 0) is 0 Å². The van der Waals surface area contributed by atoms with Gasteiger partial charge in [0, 0.05) is 17.7 Å². The van der Waals surface area contributed by atoms with Crippen molar-refractivity contribution < 1.29 is 0 Å². The molecule has 2 N–H and O–H groups in total. The summed E-state index contributed by atoms with van der Waals surface area (Å²) < 4.78 is 0. The molecule has 0 saturated carbocycles. The van der Waals surface area contributed by atoms with E-state index in [-0.39, 0.29) is 0 Å². The molecule has 0 bridgehead atoms. The molecule has 9 heavy (non-hydrogen) atoms. The van der Waals surface area contributed by atoms with Crippen LogP contribution in [0.5, 0.6) is 0 Å². The second-order valence-corrected chi connectivity index (χ2v) is 1.82. The summed E-state index contributed by atoms with van der Waals surface area (Å²) in [4.78, 5) is 0. The molecule has 0 aliphatic heterocycles. The Labute approximate surface area is 53.9 Å². The molecule has 1 rings (SSSR count). The Bertz CT molecular complexity index is 199. The molecular weight excluding hydrogens is 112 g/mol. The molecule has 1 radical (unpaired) electrons. The van der Waals surface area contributed by atoms with E-state index in [1.165, 1.54) is 0 Å². The van der Waals surface area contributed by atoms with E-state index in [9.17, 15) is 0 Å². The first-order chi connectivity index (χ1) is 4.34. The molecule has 2 heteroatoms. The van der Waals surface area contributed by atoms with Crippen molar-refractivity contribution in [2.75, 3.05) is 0 Å². The molecule has 0 aromatic carbocycles. The number of nitrogens with one attached hydrogen (secondary N) is 2. The zero-order valence-corrected chi connectivity index (χ0v) is 4.94. The predicted octanol–water partition coefficient (Wildman–Crippen LogP) is 1.42. The van der Waals surface area contributed by atoms with Gasteiger partial charge in [0.2, 0.25) is 0 Å². The maximum absolute atomic E-state index is 7.24. The molecule has 0 fully saturated rings. The summed E-state index contributed by atoms with van der Waals surface area (Å²) in [6.45, 7) is 0. The Morgan fingerprint density at radius 3 is 2.78 bits per heavy atom. The molecule has 0 spiro atoms. The fourth-order valence-electron chi connectivity index (χ4n) is 0.678. The first-order valence-electron chi connectivity index (χ1n) is 2.72. The molecule has 0 aromatic heterocycles. The van der Waals surface area contributed by atoms with E-state index in [1.807, 2.05) is 12.2 Å². The minimum absolute atomic E-state index is 0.479. The van der Waals surface area contributed by atoms with Crippen LogP contribution in [0.2, 0.25) is 0 Å². The van der Waals surface area contributed by atoms with Crippen LogP contribution in [-0.4, -0.2) is 11.9 Å². The molecule has 0 unspecified atom stereocenters. The Kier molecular flexibility index (Phi) is 1.58. The Morgan fingerprint density at radius 2 is 2.33 bits per heavy atom. The lowest BCUT2D eigenvalue weighted by Crippen LogP contribution is -2.02. The van der Waals surface area contributed by atoms with Crippen LogP contribution in [0.15, 0.2) is 23.8 Å². The van der Waals surface area contributed by atoms with Crippen LogP contribution in [0.1, 0.15) is 6.42 Å². The summed E-state index contributed by atoms with van der Waals surface area (Å²) in [7, 11) is 0. The van der Waals surface area contributed by atoms with Gasteiger partial charge in [0.25, 0.3) is 0 Å². The average molecular weight is 119 g/mol. The van der Waals surface area contributed by atoms with Crippen molar-refractivity contribution in [3.8, 4) is 0 Å². The van der Waals surface area contributed by atoms with E-state index in [1.54, 1.807) is 6.08 Å². The lowest BCUT2D eigenvalue weighted by molar-refractivity contribution is 1.35. The molecule has 1 aliphatic carbocycles. The molecular formula is C7H7N2. The Morgan fingerprint density at radius 1 is 1.56 bits per heavy atom. The largest absolute Gasteiger partial charge is 0.304 e. The third-order valence-electron chi connectivity index (χ3n) is 1.18. The van der Waals surface area contributed by atoms with Crippen LogP contribution >= 0.6 is 0 Å². The highest BCUT2D eigenvalue weighted by Crippen LogP contribution is 2.04. The highest BCUT2D eigenvalue weighted by Gasteiger charge is 2.01. The van der Waals surface area contributed by atoms with Crippen molar-refractivity contribution in [1.82, 2.24) is 0 Å². The number of hydrogen-bond acceptors (Lipinski definition) is 2. The molecule has 0 heterocycles. The normalized spacial score (nSPS) is 17.3. The fraction of sp³-hybridized carbons (Fsp3) is 0.143. The van der Waals surface area contributed by atoms with Crippen LogP contribution < -0.4 is 0 Å². The number of hydrogen-bond donors (Lipinski definition) is 2. The zero-order valence-electron chi connectivity index (χ0n) is 4.94. The van der Waals surface area contributed by atoms with Crippen molar-refractivity contribution in [2.24, 2.45) is 0 Å². The lowest BCUT2D eigenvalue weighted by Gasteiger charge is -2.01. The highest BCUT2D eigenvalue weighted by molar-refractivity contribution is 6.15. The van der Waals surface area contributed by atoms with E-state index < -0.39 is 0 Å². The molecule has 2 nitrogen and oxygen atoms in total. The number of allylic oxidation sites excluding steroid dienone is 4. The zero-order chi connectivity index (χ0) is 6.69. The van der Waals surface area contributed by atoms with Crippen LogP contribution in [0.25, 0.3) is 0 Å². The lowest BCUT2D eigenvalue weighted by atomic mass is 10.0. The molecule has 0 atom stereocenters. The van der Waals surface area contributed by atoms with E-state index in [0.29, 0.717) is 17.7 Å². The first kappa shape index (κ1) is 5.95. The minimum Gasteiger partial charge on any atom is -0.304 e. The number of rotatable bonds is 1. The second-order valence-electron chi connectivity index (χ2n) is 1.82. The third kappa shape index (κ3) is 1.13. The fourth-order valence-corrected chi connectivity index (χ4v) is 0.678. The van der Waals surface area contributed by atoms with Crippen LogP contribution in [0.4, 0.5) is 0 Å². The van der Waals surface area contributed by atoms with Gasteiger partial charge in [-0.1, -0.05) is 18.2 Å². The van der Waals surface area contributed by atoms with Gasteiger partial charge in [-0.2, -0.15) is 0 Å². The van der Waals surface area contributed by atoms with Gasteiger partial charge in [-0.15, -0.1) is 0 Å². The van der Waals surface area contributed by atoms with E-state index >= 15 is 0 Å². The monoisotopic (exact) mass is 119 g/mol. The average Bonchev–Trinajstić information content (AvgIpc) is 1.89. The SMILES string of the molecule is N=[C]C1=CC=CCC1=N. The molecule has 0 amide bonds. The standard InChI is InChI=1S/C7H7N2/c8-5-6-3-1-2-4-7(6)9/h1-3,8-9H,4H2. The molecule has 45 valence electrons. The van der Waals surface area contributed by atoms with Gasteiger partial charge in [-0.05, 0) is 0 Å². The summed E-state index contributed by atoms with van der Waals surface area (Å²) >= 11 is 0. The third-order valence-corrected chi connectivity index (χ3v) is 1.18. The van der Waals surface area contributed by atoms with E-state index in [4.69, 9.17) is 10.8 Å². The summed E-state index contributed by atoms with van der Waals surface area (Å²) in [5, 5.41) is 14.0. The van der Waals surface area contributed by atoms with Crippen molar-refractivity contribution >= 4 is 11.9 Å². The summed E-state index contributed by atoms with van der Waals surface area (Å²) in [6, 6.07) is 0. The van der Waals surface area contributed by atoms with Crippen molar-refractivity contribution in [3.05, 3.63) is 23.8 Å². The van der Waals surface area contributed by atoms with E-state index in [2.05, 4.69) is 6.21 Å². The van der Waals surface area contributed by atoms with Gasteiger partial charge < -0.3 is 5.41 Å². The maximum atomic E-state index is 7.24. The van der Waals surface area contributed by atoms with Gasteiger partial charge in [0.05, 0.1) is 6.21 Å². The van der Waals surface area contributed by atoms with Gasteiger partial charge in [0.1, 0.15) is 0 Å². The summed E-state index contributed by atoms with van der Waals surface area (Å²) in [5.41, 5.74) is 1.07. The van der Waals surface area contributed by atoms with E-state index in [0.717, 1.165) is 0 Å². The molecule has 1 aliphatic rings. The minimum atomic E-state index is 0.479. The maximum Gasteiger partial charge on any atom is 0.0886 e. The Balaban J connectivity index is 2.86. The summed E-state index contributed by atoms with van der Waals surface area (Å²) in [5.74, 6) is 0. The van der Waals surface area contributed by atoms with Crippen LogP contribution in [0, 0.1) is 10.8 Å². The van der Waals surface area contributed by atoms with Gasteiger partial charge >= 0.3 is 0 Å². The summed E-state index contributed by atoms with van der Waals surface area (Å²) in [6.07, 6.45) is 8.28. The molecule has 0 saturated heterocycles. The first-order valence-corrected chi connectivity index (χ1v) is 2.72. The Hall–Kier alpha value is -1.18. The van der Waals surface area contributed by atoms with Gasteiger partial charge in [-0.3, -0.25) is 5.41 Å². The predicted molar refractivity (Wildman–Crippen MR) is 37.3 cm³/mol. The van der Waals surface area contributed by atoms with Gasteiger partial charge in [-0.25, -0.2) is 0 Å². The highest BCUT2D eigenvalue weighted by atomic mass is 14.4.